The van der Waals surface area contributed by atoms with Crippen molar-refractivity contribution in [1.29, 1.82) is 0 Å². The number of aliphatic hydroxyl groups is 1. The van der Waals surface area contributed by atoms with Gasteiger partial charge in [-0.15, -0.1) is 0 Å². The lowest BCUT2D eigenvalue weighted by Gasteiger charge is -2.49. The van der Waals surface area contributed by atoms with E-state index in [1.807, 2.05) is 121 Å². The number of amides is 1. The van der Waals surface area contributed by atoms with E-state index in [1.54, 1.807) is 6.07 Å². The summed E-state index contributed by atoms with van der Waals surface area (Å²) >= 11 is 0. The Bertz CT molecular complexity index is 1670. The number of rotatable bonds is 12. The molecule has 1 amide bonds. The first-order valence-corrected chi connectivity index (χ1v) is 15.0. The summed E-state index contributed by atoms with van der Waals surface area (Å²) in [5, 5.41) is 14.8. The number of hydrogen-bond donors (Lipinski definition) is 2. The zero-order valence-corrected chi connectivity index (χ0v) is 24.8. The highest BCUT2D eigenvalue weighted by Crippen LogP contribution is 2.32. The molecule has 2 heterocycles. The largest absolute Gasteiger partial charge is 0.391 e. The highest BCUT2D eigenvalue weighted by atomic mass is 16.6. The van der Waals surface area contributed by atoms with E-state index in [4.69, 9.17) is 18.9 Å². The molecule has 0 bridgehead atoms. The molecule has 4 atom stereocenters. The number of nitrogens with zero attached hydrogens (tertiary/aromatic N) is 1. The normalized spacial score (nSPS) is 21.4. The van der Waals surface area contributed by atoms with Gasteiger partial charge in [0.25, 0.3) is 5.91 Å². The maximum Gasteiger partial charge on any atom is 0.272 e. The standard InChI is InChI=1S/C37H36N2O6/c40-26-37(39-36(41)32-21-20-30-18-10-11-19-31(30)38-32)35(44-24-29-16-8-3-9-17-29)34(43-23-28-14-6-2-7-15-28)33(25-45-37)42-22-27-12-4-1-5-13-27/h1-21,33-35,40H,22-26H2,(H,39,41)/t33-,34-,35+,37+/m1/s1. The van der Waals surface area contributed by atoms with Gasteiger partial charge in [0.2, 0.25) is 0 Å². The summed E-state index contributed by atoms with van der Waals surface area (Å²) in [6.45, 7) is 0.262. The Hall–Kier alpha value is -4.44. The van der Waals surface area contributed by atoms with Gasteiger partial charge in [0.1, 0.15) is 24.0 Å². The number of nitrogens with one attached hydrogen (secondary N) is 1. The van der Waals surface area contributed by atoms with Gasteiger partial charge in [-0.2, -0.15) is 0 Å². The van der Waals surface area contributed by atoms with Crippen LogP contribution in [0.3, 0.4) is 0 Å². The third kappa shape index (κ3) is 7.45. The van der Waals surface area contributed by atoms with Crippen molar-refractivity contribution in [2.24, 2.45) is 0 Å². The van der Waals surface area contributed by atoms with Gasteiger partial charge in [0.05, 0.1) is 38.6 Å². The molecule has 1 aromatic heterocycles. The highest BCUT2D eigenvalue weighted by molar-refractivity contribution is 5.95. The second-order valence-corrected chi connectivity index (χ2v) is 11.0. The van der Waals surface area contributed by atoms with E-state index < -0.39 is 36.6 Å². The average Bonchev–Trinajstić information content (AvgIpc) is 3.10. The lowest BCUT2D eigenvalue weighted by Crippen LogP contribution is -2.71. The van der Waals surface area contributed by atoms with Gasteiger partial charge in [-0.1, -0.05) is 115 Å². The van der Waals surface area contributed by atoms with Crippen LogP contribution in [0.25, 0.3) is 10.9 Å². The number of fused-ring (bicyclic) bond motifs is 1. The van der Waals surface area contributed by atoms with E-state index in [9.17, 15) is 9.90 Å². The second-order valence-electron chi connectivity index (χ2n) is 11.0. The van der Waals surface area contributed by atoms with E-state index in [-0.39, 0.29) is 25.5 Å². The molecule has 6 rings (SSSR count). The lowest BCUT2D eigenvalue weighted by molar-refractivity contribution is -0.289. The van der Waals surface area contributed by atoms with Gasteiger partial charge < -0.3 is 29.4 Å². The van der Waals surface area contributed by atoms with E-state index in [2.05, 4.69) is 10.3 Å². The van der Waals surface area contributed by atoms with E-state index in [0.29, 0.717) is 12.1 Å². The Morgan fingerprint density at radius 3 is 1.91 bits per heavy atom. The Balaban J connectivity index is 1.32. The molecule has 0 unspecified atom stereocenters. The Labute approximate surface area is 262 Å². The molecule has 2 N–H and O–H groups in total. The van der Waals surface area contributed by atoms with Crippen LogP contribution < -0.4 is 5.32 Å². The number of carbonyl (C=O) groups is 1. The number of benzene rings is 4. The quantitative estimate of drug-likeness (QED) is 0.196. The van der Waals surface area contributed by atoms with Crippen molar-refractivity contribution in [3.8, 4) is 0 Å². The molecule has 0 spiro atoms. The Morgan fingerprint density at radius 2 is 1.29 bits per heavy atom. The molecular formula is C37H36N2O6. The maximum atomic E-state index is 13.7. The average molecular weight is 605 g/mol. The molecule has 1 aliphatic heterocycles. The number of aromatic nitrogens is 1. The predicted molar refractivity (Wildman–Crippen MR) is 170 cm³/mol. The van der Waals surface area contributed by atoms with Crippen LogP contribution in [0.15, 0.2) is 127 Å². The number of carbonyl (C=O) groups excluding carboxylic acids is 1. The minimum atomic E-state index is -1.65. The third-order valence-electron chi connectivity index (χ3n) is 7.89. The zero-order chi connectivity index (χ0) is 30.9. The minimum Gasteiger partial charge on any atom is -0.391 e. The molecule has 8 nitrogen and oxygen atoms in total. The summed E-state index contributed by atoms with van der Waals surface area (Å²) in [6.07, 6.45) is -2.24. The number of pyridine rings is 1. The van der Waals surface area contributed by atoms with Gasteiger partial charge in [-0.05, 0) is 28.8 Å². The summed E-state index contributed by atoms with van der Waals surface area (Å²) in [5.41, 5.74) is 2.11. The van der Waals surface area contributed by atoms with E-state index >= 15 is 0 Å². The van der Waals surface area contributed by atoms with Crippen LogP contribution in [0.5, 0.6) is 0 Å². The van der Waals surface area contributed by atoms with Gasteiger partial charge in [0.15, 0.2) is 5.72 Å². The fourth-order valence-electron chi connectivity index (χ4n) is 5.47. The lowest BCUT2D eigenvalue weighted by atomic mass is 9.93. The second kappa shape index (κ2) is 14.6. The summed E-state index contributed by atoms with van der Waals surface area (Å²) < 4.78 is 25.8. The topological polar surface area (TPSA) is 99.1 Å². The number of ether oxygens (including phenoxy) is 4. The molecular weight excluding hydrogens is 568 g/mol. The molecule has 1 saturated heterocycles. The van der Waals surface area contributed by atoms with Crippen LogP contribution in [0.4, 0.5) is 0 Å². The molecule has 45 heavy (non-hydrogen) atoms. The van der Waals surface area contributed by atoms with Crippen LogP contribution in [0.1, 0.15) is 27.2 Å². The van der Waals surface area contributed by atoms with Crippen molar-refractivity contribution < 1.29 is 28.8 Å². The van der Waals surface area contributed by atoms with Crippen molar-refractivity contribution in [3.63, 3.8) is 0 Å². The molecule has 230 valence electrons. The predicted octanol–water partition coefficient (Wildman–Crippen LogP) is 5.44. The summed E-state index contributed by atoms with van der Waals surface area (Å²) in [7, 11) is 0. The monoisotopic (exact) mass is 604 g/mol. The van der Waals surface area contributed by atoms with E-state index in [1.165, 1.54) is 0 Å². The van der Waals surface area contributed by atoms with Crippen molar-refractivity contribution in [2.45, 2.75) is 43.9 Å². The number of hydrogen-bond acceptors (Lipinski definition) is 7. The maximum absolute atomic E-state index is 13.7. The minimum absolute atomic E-state index is 0.0451. The zero-order valence-electron chi connectivity index (χ0n) is 24.8. The molecule has 1 fully saturated rings. The molecule has 5 aromatic rings. The Morgan fingerprint density at radius 1 is 0.733 bits per heavy atom. The third-order valence-corrected chi connectivity index (χ3v) is 7.89. The molecule has 0 aliphatic carbocycles. The van der Waals surface area contributed by atoms with Crippen molar-refractivity contribution in [3.05, 3.63) is 150 Å². The van der Waals surface area contributed by atoms with Crippen molar-refractivity contribution in [2.75, 3.05) is 13.2 Å². The molecule has 0 radical (unpaired) electrons. The van der Waals surface area contributed by atoms with E-state index in [0.717, 1.165) is 22.1 Å². The number of aliphatic hydroxyl groups excluding tert-OH is 1. The molecule has 0 saturated carbocycles. The van der Waals surface area contributed by atoms with Crippen LogP contribution >= 0.6 is 0 Å². The smallest absolute Gasteiger partial charge is 0.272 e. The molecule has 8 heteroatoms. The van der Waals surface area contributed by atoms with Gasteiger partial charge in [-0.25, -0.2) is 4.98 Å². The van der Waals surface area contributed by atoms with Crippen molar-refractivity contribution >= 4 is 16.8 Å². The summed E-state index contributed by atoms with van der Waals surface area (Å²) in [5.74, 6) is -0.506. The van der Waals surface area contributed by atoms with Gasteiger partial charge >= 0.3 is 0 Å². The molecule has 1 aliphatic rings. The first-order valence-electron chi connectivity index (χ1n) is 15.0. The van der Waals surface area contributed by atoms with Gasteiger partial charge in [-0.3, -0.25) is 4.79 Å². The summed E-state index contributed by atoms with van der Waals surface area (Å²) in [4.78, 5) is 18.3. The van der Waals surface area contributed by atoms with Gasteiger partial charge in [0, 0.05) is 5.39 Å². The SMILES string of the molecule is O=C(N[C@@]1(CO)OC[C@@H](OCc2ccccc2)[C@@H](OCc2ccccc2)[C@@H]1OCc1ccccc1)c1ccc2ccccc2n1. The first-order chi connectivity index (χ1) is 22.1. The van der Waals surface area contributed by atoms with Crippen molar-refractivity contribution in [1.82, 2.24) is 10.3 Å². The van der Waals surface area contributed by atoms with Crippen LogP contribution in [0.2, 0.25) is 0 Å². The fraction of sp³-hybridized carbons (Fsp3) is 0.243. The van der Waals surface area contributed by atoms with Crippen LogP contribution in [0, 0.1) is 0 Å². The number of para-hydroxylation sites is 1. The van der Waals surface area contributed by atoms with Crippen LogP contribution in [-0.4, -0.2) is 53.2 Å². The molecule has 4 aromatic carbocycles. The van der Waals surface area contributed by atoms with Crippen LogP contribution in [-0.2, 0) is 38.8 Å². The fourth-order valence-corrected chi connectivity index (χ4v) is 5.47. The summed E-state index contributed by atoms with van der Waals surface area (Å²) in [6, 6.07) is 40.4. The Kier molecular flexibility index (Phi) is 9.89. The highest BCUT2D eigenvalue weighted by Gasteiger charge is 2.54. The first kappa shape index (κ1) is 30.6.